The van der Waals surface area contributed by atoms with Gasteiger partial charge in [0.05, 0.1) is 7.11 Å². The van der Waals surface area contributed by atoms with Gasteiger partial charge in [-0.25, -0.2) is 9.59 Å². The van der Waals surface area contributed by atoms with E-state index in [4.69, 9.17) is 0 Å². The van der Waals surface area contributed by atoms with Crippen molar-refractivity contribution >= 4 is 11.9 Å². The van der Waals surface area contributed by atoms with Crippen LogP contribution in [-0.2, 0) is 14.3 Å². The summed E-state index contributed by atoms with van der Waals surface area (Å²) in [6.07, 6.45) is 0. The highest BCUT2D eigenvalue weighted by molar-refractivity contribution is 5.88. The lowest BCUT2D eigenvalue weighted by atomic mass is 10.3. The van der Waals surface area contributed by atoms with Crippen LogP contribution in [0.5, 0.6) is 0 Å². The number of carbonyl (C=O) groups is 2. The van der Waals surface area contributed by atoms with Crippen LogP contribution >= 0.6 is 0 Å². The second kappa shape index (κ2) is 4.94. The molecule has 0 radical (unpaired) electrons. The number of rotatable bonds is 3. The second-order valence-corrected chi connectivity index (χ2v) is 2.58. The lowest BCUT2D eigenvalue weighted by molar-refractivity contribution is -0.144. The largest absolute Gasteiger partial charge is 0.466 e. The molecule has 1 aromatic rings. The monoisotopic (exact) mass is 211 g/mol. The predicted octanol–water partition coefficient (Wildman–Crippen LogP) is -0.295. The number of nitrogens with one attached hydrogen (secondary N) is 1. The van der Waals surface area contributed by atoms with Crippen LogP contribution in [0.4, 0.5) is 0 Å². The fourth-order valence-corrected chi connectivity index (χ4v) is 0.828. The molecule has 1 rings (SSSR count). The third-order valence-electron chi connectivity index (χ3n) is 1.54. The molecule has 6 nitrogen and oxygen atoms in total. The highest BCUT2D eigenvalue weighted by Gasteiger charge is 2.10. The van der Waals surface area contributed by atoms with Gasteiger partial charge < -0.3 is 14.5 Å². The van der Waals surface area contributed by atoms with Crippen molar-refractivity contribution in [2.24, 2.45) is 0 Å². The van der Waals surface area contributed by atoms with Crippen LogP contribution in [0.2, 0.25) is 0 Å². The number of methoxy groups -OCH3 is 1. The Morgan fingerprint density at radius 1 is 1.40 bits per heavy atom. The Morgan fingerprint density at radius 3 is 2.73 bits per heavy atom. The number of aromatic amines is 1. The van der Waals surface area contributed by atoms with Gasteiger partial charge in [0.1, 0.15) is 5.69 Å². The quantitative estimate of drug-likeness (QED) is 0.694. The summed E-state index contributed by atoms with van der Waals surface area (Å²) in [5, 5.41) is 0. The molecule has 0 saturated carbocycles. The smallest absolute Gasteiger partial charge is 0.355 e. The van der Waals surface area contributed by atoms with Gasteiger partial charge in [-0.1, -0.05) is 6.07 Å². The molecule has 0 saturated heterocycles. The first-order valence-electron chi connectivity index (χ1n) is 4.07. The standard InChI is InChI=1S/C9H9NO5/c1-14-8(12)5-15-9(13)6-3-2-4-7(11)10-6/h2-4H,5H2,1H3,(H,10,11). The van der Waals surface area contributed by atoms with Crippen molar-refractivity contribution in [1.82, 2.24) is 4.98 Å². The van der Waals surface area contributed by atoms with E-state index < -0.39 is 24.1 Å². The molecule has 0 fully saturated rings. The Labute approximate surface area is 84.8 Å². The van der Waals surface area contributed by atoms with Crippen LogP contribution in [0.3, 0.4) is 0 Å². The Hall–Kier alpha value is -2.11. The van der Waals surface area contributed by atoms with E-state index in [0.717, 1.165) is 0 Å². The van der Waals surface area contributed by atoms with Gasteiger partial charge in [-0.2, -0.15) is 0 Å². The Bertz CT molecular complexity index is 423. The maximum atomic E-state index is 11.2. The fraction of sp³-hybridized carbons (Fsp3) is 0.222. The zero-order chi connectivity index (χ0) is 11.3. The molecule has 6 heteroatoms. The predicted molar refractivity (Wildman–Crippen MR) is 49.4 cm³/mol. The molecule has 0 aliphatic carbocycles. The molecule has 0 aliphatic rings. The van der Waals surface area contributed by atoms with Crippen LogP contribution in [-0.4, -0.2) is 30.6 Å². The van der Waals surface area contributed by atoms with Crippen molar-refractivity contribution in [3.8, 4) is 0 Å². The highest BCUT2D eigenvalue weighted by Crippen LogP contribution is 1.94. The summed E-state index contributed by atoms with van der Waals surface area (Å²) in [5.74, 6) is -1.44. The van der Waals surface area contributed by atoms with Crippen molar-refractivity contribution in [2.75, 3.05) is 13.7 Å². The van der Waals surface area contributed by atoms with E-state index in [0.29, 0.717) is 0 Å². The average molecular weight is 211 g/mol. The van der Waals surface area contributed by atoms with Crippen molar-refractivity contribution in [3.63, 3.8) is 0 Å². The van der Waals surface area contributed by atoms with Crippen molar-refractivity contribution in [2.45, 2.75) is 0 Å². The van der Waals surface area contributed by atoms with E-state index in [9.17, 15) is 14.4 Å². The molecule has 1 heterocycles. The van der Waals surface area contributed by atoms with Gasteiger partial charge in [-0.3, -0.25) is 4.79 Å². The topological polar surface area (TPSA) is 85.5 Å². The van der Waals surface area contributed by atoms with E-state index in [1.807, 2.05) is 0 Å². The van der Waals surface area contributed by atoms with Gasteiger partial charge in [0.15, 0.2) is 6.61 Å². The number of esters is 2. The summed E-state index contributed by atoms with van der Waals surface area (Å²) in [6, 6.07) is 4.05. The minimum Gasteiger partial charge on any atom is -0.466 e. The zero-order valence-electron chi connectivity index (χ0n) is 7.98. The third kappa shape index (κ3) is 3.26. The number of aromatic nitrogens is 1. The van der Waals surface area contributed by atoms with Gasteiger partial charge in [0.2, 0.25) is 5.56 Å². The first kappa shape index (κ1) is 11.0. The number of pyridine rings is 1. The van der Waals surface area contributed by atoms with Gasteiger partial charge in [-0.05, 0) is 6.07 Å². The summed E-state index contributed by atoms with van der Waals surface area (Å²) in [4.78, 5) is 35.0. The lowest BCUT2D eigenvalue weighted by Gasteiger charge is -2.02. The summed E-state index contributed by atoms with van der Waals surface area (Å²) in [6.45, 7) is -0.480. The number of ether oxygens (including phenoxy) is 2. The van der Waals surface area contributed by atoms with Crippen LogP contribution in [0.25, 0.3) is 0 Å². The van der Waals surface area contributed by atoms with E-state index >= 15 is 0 Å². The van der Waals surface area contributed by atoms with Crippen LogP contribution in [0.1, 0.15) is 10.5 Å². The highest BCUT2D eigenvalue weighted by atomic mass is 16.6. The van der Waals surface area contributed by atoms with Crippen molar-refractivity contribution in [3.05, 3.63) is 34.2 Å². The van der Waals surface area contributed by atoms with E-state index in [-0.39, 0.29) is 5.69 Å². The number of hydrogen-bond acceptors (Lipinski definition) is 5. The first-order chi connectivity index (χ1) is 7.13. The van der Waals surface area contributed by atoms with Gasteiger partial charge in [-0.15, -0.1) is 0 Å². The van der Waals surface area contributed by atoms with Crippen LogP contribution in [0, 0.1) is 0 Å². The van der Waals surface area contributed by atoms with E-state index in [2.05, 4.69) is 14.5 Å². The lowest BCUT2D eigenvalue weighted by Crippen LogP contribution is -2.18. The fourth-order valence-electron chi connectivity index (χ4n) is 0.828. The molecule has 80 valence electrons. The second-order valence-electron chi connectivity index (χ2n) is 2.58. The summed E-state index contributed by atoms with van der Waals surface area (Å²) >= 11 is 0. The maximum absolute atomic E-state index is 11.2. The molecule has 0 atom stereocenters. The Morgan fingerprint density at radius 2 is 2.13 bits per heavy atom. The number of hydrogen-bond donors (Lipinski definition) is 1. The molecule has 15 heavy (non-hydrogen) atoms. The molecular weight excluding hydrogens is 202 g/mol. The normalized spacial score (nSPS) is 9.40. The minimum absolute atomic E-state index is 0.00796. The third-order valence-corrected chi connectivity index (χ3v) is 1.54. The molecule has 0 aromatic carbocycles. The van der Waals surface area contributed by atoms with Gasteiger partial charge >= 0.3 is 11.9 Å². The zero-order valence-corrected chi connectivity index (χ0v) is 7.98. The SMILES string of the molecule is COC(=O)COC(=O)c1cccc(=O)[nH]1. The van der Waals surface area contributed by atoms with Crippen LogP contribution < -0.4 is 5.56 Å². The first-order valence-corrected chi connectivity index (χ1v) is 4.07. The average Bonchev–Trinajstić information content (AvgIpc) is 2.25. The molecule has 1 N–H and O–H groups in total. The number of carbonyl (C=O) groups excluding carboxylic acids is 2. The summed E-state index contributed by atoms with van der Waals surface area (Å²) in [5.41, 5.74) is -0.422. The van der Waals surface area contributed by atoms with Gasteiger partial charge in [0.25, 0.3) is 0 Å². The Kier molecular flexibility index (Phi) is 3.61. The summed E-state index contributed by atoms with van der Waals surface area (Å²) in [7, 11) is 1.18. The maximum Gasteiger partial charge on any atom is 0.355 e. The molecule has 1 aromatic heterocycles. The van der Waals surface area contributed by atoms with Crippen molar-refractivity contribution in [1.29, 1.82) is 0 Å². The summed E-state index contributed by atoms with van der Waals surface area (Å²) < 4.78 is 8.82. The number of H-pyrrole nitrogens is 1. The van der Waals surface area contributed by atoms with Gasteiger partial charge in [0, 0.05) is 6.07 Å². The molecular formula is C9H9NO5. The Balaban J connectivity index is 2.62. The van der Waals surface area contributed by atoms with Crippen molar-refractivity contribution < 1.29 is 19.1 Å². The van der Waals surface area contributed by atoms with E-state index in [1.165, 1.54) is 25.3 Å². The van der Waals surface area contributed by atoms with Crippen LogP contribution in [0.15, 0.2) is 23.0 Å². The molecule has 0 unspecified atom stereocenters. The molecule has 0 bridgehead atoms. The molecule has 0 amide bonds. The minimum atomic E-state index is -0.780. The molecule has 0 aliphatic heterocycles. The molecule has 0 spiro atoms. The van der Waals surface area contributed by atoms with E-state index in [1.54, 1.807) is 0 Å².